The standard InChI is InChI=1S/C28H25F3N6O2/c1-18(38)20-4-2-5-21(14-20)19-8-12-37(13-9-19)26-16-25(35-27(36-26)22-6-3-10-32-17-22)34-24-15-23(7-11-33-24)39-28(29,30)31/h2-7,10-11,14-17,19H,8-9,12-13H2,1H3,(H,33,34,35,36). The van der Waals surface area contributed by atoms with Crippen LogP contribution in [0.1, 0.15) is 41.6 Å². The van der Waals surface area contributed by atoms with Crippen LogP contribution in [0, 0.1) is 0 Å². The van der Waals surface area contributed by atoms with E-state index in [9.17, 15) is 18.0 Å². The van der Waals surface area contributed by atoms with Crippen molar-refractivity contribution < 1.29 is 22.7 Å². The van der Waals surface area contributed by atoms with Crippen molar-refractivity contribution in [2.45, 2.75) is 32.0 Å². The van der Waals surface area contributed by atoms with E-state index in [2.05, 4.69) is 36.0 Å². The molecule has 0 saturated carbocycles. The summed E-state index contributed by atoms with van der Waals surface area (Å²) < 4.78 is 42.1. The highest BCUT2D eigenvalue weighted by molar-refractivity contribution is 5.94. The molecular formula is C28H25F3N6O2. The Balaban J connectivity index is 1.39. The summed E-state index contributed by atoms with van der Waals surface area (Å²) in [6, 6.07) is 15.4. The molecule has 0 unspecified atom stereocenters. The Labute approximate surface area is 222 Å². The lowest BCUT2D eigenvalue weighted by Gasteiger charge is -2.33. The van der Waals surface area contributed by atoms with E-state index >= 15 is 0 Å². The van der Waals surface area contributed by atoms with E-state index in [0.29, 0.717) is 34.5 Å². The molecule has 5 rings (SSSR count). The first-order valence-electron chi connectivity index (χ1n) is 12.4. The zero-order chi connectivity index (χ0) is 27.4. The van der Waals surface area contributed by atoms with Gasteiger partial charge in [-0.2, -0.15) is 0 Å². The van der Waals surface area contributed by atoms with Gasteiger partial charge in [0.2, 0.25) is 0 Å². The number of Topliss-reactive ketones (excluding diaryl/α,β-unsaturated/α-hetero) is 1. The van der Waals surface area contributed by atoms with Gasteiger partial charge in [-0.3, -0.25) is 9.78 Å². The topological polar surface area (TPSA) is 93.1 Å². The fraction of sp³-hybridized carbons (Fsp3) is 0.250. The minimum Gasteiger partial charge on any atom is -0.406 e. The van der Waals surface area contributed by atoms with E-state index in [0.717, 1.165) is 43.6 Å². The summed E-state index contributed by atoms with van der Waals surface area (Å²) in [6.45, 7) is 3.02. The second-order valence-corrected chi connectivity index (χ2v) is 9.17. The first-order chi connectivity index (χ1) is 18.7. The number of anilines is 3. The largest absolute Gasteiger partial charge is 0.573 e. The molecule has 39 heavy (non-hydrogen) atoms. The van der Waals surface area contributed by atoms with E-state index in [1.54, 1.807) is 31.5 Å². The molecule has 4 heterocycles. The van der Waals surface area contributed by atoms with Gasteiger partial charge in [0, 0.05) is 54.9 Å². The molecule has 0 radical (unpaired) electrons. The second-order valence-electron chi connectivity index (χ2n) is 9.17. The fourth-order valence-electron chi connectivity index (χ4n) is 4.55. The summed E-state index contributed by atoms with van der Waals surface area (Å²) in [5, 5.41) is 2.98. The number of benzene rings is 1. The Morgan fingerprint density at radius 3 is 2.54 bits per heavy atom. The van der Waals surface area contributed by atoms with Gasteiger partial charge in [-0.1, -0.05) is 18.2 Å². The number of nitrogens with one attached hydrogen (secondary N) is 1. The van der Waals surface area contributed by atoms with Crippen molar-refractivity contribution in [3.05, 3.63) is 84.3 Å². The fourth-order valence-corrected chi connectivity index (χ4v) is 4.55. The van der Waals surface area contributed by atoms with Crippen LogP contribution < -0.4 is 15.0 Å². The molecule has 0 spiro atoms. The lowest BCUT2D eigenvalue weighted by Crippen LogP contribution is -2.33. The lowest BCUT2D eigenvalue weighted by atomic mass is 9.88. The van der Waals surface area contributed by atoms with E-state index in [4.69, 9.17) is 4.98 Å². The summed E-state index contributed by atoms with van der Waals surface area (Å²) in [5.41, 5.74) is 2.55. The number of ether oxygens (including phenoxy) is 1. The van der Waals surface area contributed by atoms with Gasteiger partial charge in [0.1, 0.15) is 23.2 Å². The summed E-state index contributed by atoms with van der Waals surface area (Å²) in [5.74, 6) is 1.57. The van der Waals surface area contributed by atoms with Crippen molar-refractivity contribution in [1.82, 2.24) is 19.9 Å². The minimum atomic E-state index is -4.81. The van der Waals surface area contributed by atoms with Gasteiger partial charge in [-0.05, 0) is 55.5 Å². The minimum absolute atomic E-state index is 0.0447. The molecule has 1 aliphatic rings. The van der Waals surface area contributed by atoms with Gasteiger partial charge >= 0.3 is 6.36 Å². The molecule has 1 N–H and O–H groups in total. The van der Waals surface area contributed by atoms with Crippen LogP contribution in [0.2, 0.25) is 0 Å². The number of piperidine rings is 1. The number of hydrogen-bond donors (Lipinski definition) is 1. The number of nitrogens with zero attached hydrogens (tertiary/aromatic N) is 5. The van der Waals surface area contributed by atoms with Crippen LogP contribution in [0.15, 0.2) is 73.2 Å². The zero-order valence-corrected chi connectivity index (χ0v) is 21.0. The zero-order valence-electron chi connectivity index (χ0n) is 21.0. The first kappa shape index (κ1) is 26.1. The van der Waals surface area contributed by atoms with Crippen LogP contribution in [0.5, 0.6) is 5.75 Å². The maximum Gasteiger partial charge on any atom is 0.573 e. The Morgan fingerprint density at radius 2 is 1.82 bits per heavy atom. The monoisotopic (exact) mass is 534 g/mol. The molecule has 0 bridgehead atoms. The predicted molar refractivity (Wildman–Crippen MR) is 140 cm³/mol. The molecule has 0 amide bonds. The SMILES string of the molecule is CC(=O)c1cccc(C2CCN(c3cc(Nc4cc(OC(F)(F)F)ccn4)nc(-c4cccnc4)n3)CC2)c1. The van der Waals surface area contributed by atoms with Gasteiger partial charge < -0.3 is 15.0 Å². The van der Waals surface area contributed by atoms with Crippen molar-refractivity contribution in [2.75, 3.05) is 23.3 Å². The Hall–Kier alpha value is -4.54. The van der Waals surface area contributed by atoms with Crippen LogP contribution in [-0.2, 0) is 0 Å². The van der Waals surface area contributed by atoms with Crippen molar-refractivity contribution >= 4 is 23.2 Å². The Bertz CT molecular complexity index is 1460. The highest BCUT2D eigenvalue weighted by Crippen LogP contribution is 2.32. The van der Waals surface area contributed by atoms with E-state index in [1.165, 1.54) is 6.20 Å². The quantitative estimate of drug-likeness (QED) is 0.282. The first-order valence-corrected chi connectivity index (χ1v) is 12.4. The molecule has 3 aromatic heterocycles. The molecule has 200 valence electrons. The summed E-state index contributed by atoms with van der Waals surface area (Å²) in [7, 11) is 0. The number of aromatic nitrogens is 4. The lowest BCUT2D eigenvalue weighted by molar-refractivity contribution is -0.274. The van der Waals surface area contributed by atoms with Gasteiger partial charge in [-0.25, -0.2) is 15.0 Å². The highest BCUT2D eigenvalue weighted by Gasteiger charge is 2.31. The molecular weight excluding hydrogens is 509 g/mol. The van der Waals surface area contributed by atoms with Crippen molar-refractivity contribution in [3.63, 3.8) is 0 Å². The summed E-state index contributed by atoms with van der Waals surface area (Å²) in [6.07, 6.45) is 1.44. The molecule has 1 aliphatic heterocycles. The predicted octanol–water partition coefficient (Wildman–Crippen LogP) is 6.16. The normalized spacial score (nSPS) is 14.2. The molecule has 8 nitrogen and oxygen atoms in total. The third kappa shape index (κ3) is 6.67. The number of hydrogen-bond acceptors (Lipinski definition) is 8. The van der Waals surface area contributed by atoms with Crippen LogP contribution in [-0.4, -0.2) is 45.2 Å². The van der Waals surface area contributed by atoms with Crippen LogP contribution in [0.25, 0.3) is 11.4 Å². The maximum atomic E-state index is 12.7. The smallest absolute Gasteiger partial charge is 0.406 e. The van der Waals surface area contributed by atoms with Crippen LogP contribution >= 0.6 is 0 Å². The number of carbonyl (C=O) groups excluding carboxylic acids is 1. The van der Waals surface area contributed by atoms with E-state index < -0.39 is 12.1 Å². The number of alkyl halides is 3. The number of rotatable bonds is 7. The van der Waals surface area contributed by atoms with Crippen LogP contribution in [0.4, 0.5) is 30.6 Å². The molecule has 1 aromatic carbocycles. The average Bonchev–Trinajstić information content (AvgIpc) is 2.93. The van der Waals surface area contributed by atoms with E-state index in [-0.39, 0.29) is 11.6 Å². The highest BCUT2D eigenvalue weighted by atomic mass is 19.4. The van der Waals surface area contributed by atoms with Crippen molar-refractivity contribution in [3.8, 4) is 17.1 Å². The number of carbonyl (C=O) groups is 1. The second kappa shape index (κ2) is 11.1. The molecule has 1 saturated heterocycles. The number of ketones is 1. The average molecular weight is 535 g/mol. The summed E-state index contributed by atoms with van der Waals surface area (Å²) in [4.78, 5) is 31.5. The third-order valence-electron chi connectivity index (χ3n) is 6.44. The number of pyridine rings is 2. The van der Waals surface area contributed by atoms with Gasteiger partial charge in [-0.15, -0.1) is 13.2 Å². The maximum absolute atomic E-state index is 12.7. The van der Waals surface area contributed by atoms with Crippen LogP contribution in [0.3, 0.4) is 0 Å². The summed E-state index contributed by atoms with van der Waals surface area (Å²) >= 11 is 0. The third-order valence-corrected chi connectivity index (χ3v) is 6.44. The Kier molecular flexibility index (Phi) is 7.40. The molecule has 1 fully saturated rings. The van der Waals surface area contributed by atoms with Gasteiger partial charge in [0.05, 0.1) is 0 Å². The molecule has 0 atom stereocenters. The number of halogens is 3. The Morgan fingerprint density at radius 1 is 1.00 bits per heavy atom. The molecule has 4 aromatic rings. The molecule has 11 heteroatoms. The van der Waals surface area contributed by atoms with Gasteiger partial charge in [0.25, 0.3) is 0 Å². The van der Waals surface area contributed by atoms with Crippen molar-refractivity contribution in [2.24, 2.45) is 0 Å². The van der Waals surface area contributed by atoms with Crippen molar-refractivity contribution in [1.29, 1.82) is 0 Å². The van der Waals surface area contributed by atoms with Gasteiger partial charge in [0.15, 0.2) is 11.6 Å². The van der Waals surface area contributed by atoms with E-state index in [1.807, 2.05) is 24.3 Å². The molecule has 0 aliphatic carbocycles.